The smallest absolute Gasteiger partial charge is 0.345 e. The van der Waals surface area contributed by atoms with Crippen molar-refractivity contribution in [1.29, 1.82) is 0 Å². The molecule has 0 fully saturated rings. The highest BCUT2D eigenvalue weighted by atomic mass is 17.1. The summed E-state index contributed by atoms with van der Waals surface area (Å²) in [7, 11) is 0. The van der Waals surface area contributed by atoms with Crippen LogP contribution in [0.2, 0.25) is 0 Å². The molecule has 0 amide bonds. The van der Waals surface area contributed by atoms with Gasteiger partial charge in [-0.2, -0.15) is 5.26 Å². The lowest BCUT2D eigenvalue weighted by Crippen LogP contribution is -2.22. The molecule has 0 aliphatic carbocycles. The van der Waals surface area contributed by atoms with Gasteiger partial charge < -0.3 is 9.99 Å². The predicted octanol–water partition coefficient (Wildman–Crippen LogP) is 2.22. The van der Waals surface area contributed by atoms with Crippen molar-refractivity contribution in [2.75, 3.05) is 6.61 Å². The van der Waals surface area contributed by atoms with Crippen LogP contribution in [0, 0.1) is 11.3 Å². The molecule has 0 radical (unpaired) electrons. The van der Waals surface area contributed by atoms with Crippen LogP contribution in [0.3, 0.4) is 0 Å². The van der Waals surface area contributed by atoms with E-state index < -0.39 is 5.97 Å². The van der Waals surface area contributed by atoms with Crippen molar-refractivity contribution in [3.63, 3.8) is 0 Å². The van der Waals surface area contributed by atoms with E-state index in [2.05, 4.69) is 4.89 Å². The molecular weight excluding hydrogens is 196 g/mol. The average molecular weight is 218 g/mol. The lowest BCUT2D eigenvalue weighted by molar-refractivity contribution is -0.240. The number of hydrogen-bond acceptors (Lipinski definition) is 4. The van der Waals surface area contributed by atoms with Crippen LogP contribution in [0.4, 0.5) is 0 Å². The summed E-state index contributed by atoms with van der Waals surface area (Å²) in [6.45, 7) is 6.25. The van der Waals surface area contributed by atoms with Crippen molar-refractivity contribution >= 4 is 5.97 Å². The maximum atomic E-state index is 11.2. The van der Waals surface area contributed by atoms with Crippen LogP contribution >= 0.6 is 0 Å². The van der Waals surface area contributed by atoms with Crippen LogP contribution in [-0.2, 0) is 9.68 Å². The SMILES string of the molecule is CC(C)(C)CC(CCCCO)C(=O)OO. The van der Waals surface area contributed by atoms with Gasteiger partial charge in [-0.15, -0.1) is 0 Å². The maximum Gasteiger partial charge on any atom is 0.345 e. The van der Waals surface area contributed by atoms with Crippen molar-refractivity contribution in [1.82, 2.24) is 0 Å². The van der Waals surface area contributed by atoms with E-state index in [-0.39, 0.29) is 17.9 Å². The molecule has 2 N–H and O–H groups in total. The zero-order valence-electron chi connectivity index (χ0n) is 9.82. The normalized spacial score (nSPS) is 13.7. The van der Waals surface area contributed by atoms with E-state index in [1.165, 1.54) is 0 Å². The van der Waals surface area contributed by atoms with Gasteiger partial charge in [-0.25, -0.2) is 4.79 Å². The molecule has 4 nitrogen and oxygen atoms in total. The molecule has 0 saturated heterocycles. The molecule has 90 valence electrons. The summed E-state index contributed by atoms with van der Waals surface area (Å²) < 4.78 is 0. The Balaban J connectivity index is 4.13. The lowest BCUT2D eigenvalue weighted by atomic mass is 9.82. The molecule has 0 aliphatic rings. The van der Waals surface area contributed by atoms with Gasteiger partial charge in [0.1, 0.15) is 0 Å². The average Bonchev–Trinajstić information content (AvgIpc) is 2.13. The zero-order valence-corrected chi connectivity index (χ0v) is 9.82. The number of carbonyl (C=O) groups is 1. The predicted molar refractivity (Wildman–Crippen MR) is 57.2 cm³/mol. The van der Waals surface area contributed by atoms with Gasteiger partial charge in [0, 0.05) is 6.61 Å². The fraction of sp³-hybridized carbons (Fsp3) is 0.909. The van der Waals surface area contributed by atoms with Crippen LogP contribution in [0.1, 0.15) is 46.5 Å². The molecule has 0 spiro atoms. The van der Waals surface area contributed by atoms with E-state index in [0.717, 1.165) is 6.42 Å². The van der Waals surface area contributed by atoms with Crippen LogP contribution < -0.4 is 0 Å². The summed E-state index contributed by atoms with van der Waals surface area (Å²) in [6, 6.07) is 0. The molecule has 1 unspecified atom stereocenters. The molecule has 15 heavy (non-hydrogen) atoms. The van der Waals surface area contributed by atoms with E-state index >= 15 is 0 Å². The molecule has 0 heterocycles. The minimum atomic E-state index is -0.567. The summed E-state index contributed by atoms with van der Waals surface area (Å²) in [4.78, 5) is 15.0. The van der Waals surface area contributed by atoms with Crippen molar-refractivity contribution in [3.05, 3.63) is 0 Å². The largest absolute Gasteiger partial charge is 0.396 e. The second-order valence-electron chi connectivity index (χ2n) is 5.09. The highest BCUT2D eigenvalue weighted by Gasteiger charge is 2.25. The third kappa shape index (κ3) is 7.33. The van der Waals surface area contributed by atoms with Crippen molar-refractivity contribution in [3.8, 4) is 0 Å². The number of carbonyl (C=O) groups excluding carboxylic acids is 1. The molecule has 0 aromatic carbocycles. The minimum absolute atomic E-state index is 0.0259. The van der Waals surface area contributed by atoms with E-state index in [1.807, 2.05) is 20.8 Å². The topological polar surface area (TPSA) is 66.8 Å². The molecular formula is C11H22O4. The van der Waals surface area contributed by atoms with Gasteiger partial charge in [0.15, 0.2) is 0 Å². The van der Waals surface area contributed by atoms with Crippen LogP contribution in [0.25, 0.3) is 0 Å². The van der Waals surface area contributed by atoms with Crippen molar-refractivity contribution < 1.29 is 20.0 Å². The summed E-state index contributed by atoms with van der Waals surface area (Å²) in [5.41, 5.74) is 0.0259. The van der Waals surface area contributed by atoms with E-state index in [4.69, 9.17) is 10.4 Å². The molecule has 0 saturated carbocycles. The lowest BCUT2D eigenvalue weighted by Gasteiger charge is -2.23. The Hall–Kier alpha value is -0.610. The summed E-state index contributed by atoms with van der Waals surface area (Å²) in [6.07, 6.45) is 2.78. The Morgan fingerprint density at radius 3 is 2.33 bits per heavy atom. The molecule has 0 rings (SSSR count). The van der Waals surface area contributed by atoms with Crippen LogP contribution in [0.15, 0.2) is 0 Å². The molecule has 0 aromatic heterocycles. The van der Waals surface area contributed by atoms with Gasteiger partial charge in [0.05, 0.1) is 5.92 Å². The van der Waals surface area contributed by atoms with E-state index in [0.29, 0.717) is 19.3 Å². The van der Waals surface area contributed by atoms with Crippen LogP contribution in [-0.4, -0.2) is 22.9 Å². The summed E-state index contributed by atoms with van der Waals surface area (Å²) >= 11 is 0. The molecule has 0 aromatic rings. The van der Waals surface area contributed by atoms with Gasteiger partial charge in [-0.05, 0) is 24.7 Å². The van der Waals surface area contributed by atoms with Crippen molar-refractivity contribution in [2.24, 2.45) is 11.3 Å². The quantitative estimate of drug-likeness (QED) is 0.407. The van der Waals surface area contributed by atoms with Gasteiger partial charge in [0.25, 0.3) is 0 Å². The number of hydrogen-bond donors (Lipinski definition) is 2. The Bertz CT molecular complexity index is 184. The Labute approximate surface area is 91.2 Å². The van der Waals surface area contributed by atoms with Crippen molar-refractivity contribution in [2.45, 2.75) is 46.5 Å². The number of aliphatic hydroxyl groups is 1. The molecule has 0 bridgehead atoms. The highest BCUT2D eigenvalue weighted by molar-refractivity contribution is 5.71. The van der Waals surface area contributed by atoms with Gasteiger partial charge in [0.2, 0.25) is 0 Å². The first kappa shape index (κ1) is 14.4. The van der Waals surface area contributed by atoms with E-state index in [1.54, 1.807) is 0 Å². The zero-order chi connectivity index (χ0) is 11.9. The summed E-state index contributed by atoms with van der Waals surface area (Å²) in [5, 5.41) is 17.0. The highest BCUT2D eigenvalue weighted by Crippen LogP contribution is 2.28. The monoisotopic (exact) mass is 218 g/mol. The standard InChI is InChI=1S/C11H22O4/c1-11(2,3)8-9(10(13)15-14)6-4-5-7-12/h9,12,14H,4-8H2,1-3H3. The number of aliphatic hydroxyl groups excluding tert-OH is 1. The van der Waals surface area contributed by atoms with Gasteiger partial charge in [-0.1, -0.05) is 27.2 Å². The Morgan fingerprint density at radius 1 is 1.33 bits per heavy atom. The van der Waals surface area contributed by atoms with E-state index in [9.17, 15) is 4.79 Å². The van der Waals surface area contributed by atoms with Gasteiger partial charge >= 0.3 is 5.97 Å². The minimum Gasteiger partial charge on any atom is -0.396 e. The van der Waals surface area contributed by atoms with Crippen LogP contribution in [0.5, 0.6) is 0 Å². The number of rotatable bonds is 6. The third-order valence-electron chi connectivity index (χ3n) is 2.24. The third-order valence-corrected chi connectivity index (χ3v) is 2.24. The second-order valence-corrected chi connectivity index (χ2v) is 5.09. The summed E-state index contributed by atoms with van der Waals surface area (Å²) in [5.74, 6) is -0.843. The maximum absolute atomic E-state index is 11.2. The molecule has 0 aliphatic heterocycles. The first-order valence-electron chi connectivity index (χ1n) is 5.37. The molecule has 1 atom stereocenters. The second kappa shape index (κ2) is 6.80. The first-order chi connectivity index (χ1) is 6.90. The fourth-order valence-corrected chi connectivity index (χ4v) is 1.62. The fourth-order valence-electron chi connectivity index (χ4n) is 1.62. The van der Waals surface area contributed by atoms with Gasteiger partial charge in [-0.3, -0.25) is 0 Å². The number of unbranched alkanes of at least 4 members (excludes halogenated alkanes) is 1. The molecule has 4 heteroatoms. The Kier molecular flexibility index (Phi) is 6.52. The first-order valence-corrected chi connectivity index (χ1v) is 5.37. The Morgan fingerprint density at radius 2 is 1.93 bits per heavy atom.